The molecule has 0 aliphatic carbocycles. The summed E-state index contributed by atoms with van der Waals surface area (Å²) in [6.07, 6.45) is 4.51. The van der Waals surface area contributed by atoms with Gasteiger partial charge in [-0.05, 0) is 61.2 Å². The van der Waals surface area contributed by atoms with Crippen LogP contribution in [0.1, 0.15) is 37.9 Å². The Labute approximate surface area is 268 Å². The Bertz CT molecular complexity index is 2060. The molecule has 1 aliphatic rings. The fraction of sp³-hybridized carbons (Fsp3) is 0.273. The number of fused-ring (bicyclic) bond motifs is 3. The zero-order valence-corrected chi connectivity index (χ0v) is 26.7. The van der Waals surface area contributed by atoms with Crippen LogP contribution in [0.4, 0.5) is 15.9 Å². The summed E-state index contributed by atoms with van der Waals surface area (Å²) >= 11 is 13.2. The van der Waals surface area contributed by atoms with E-state index in [0.717, 1.165) is 11.6 Å². The van der Waals surface area contributed by atoms with Crippen molar-refractivity contribution in [3.8, 4) is 16.8 Å². The number of aryl methyl sites for hydroxylation is 1. The molecule has 1 aliphatic heterocycles. The fourth-order valence-electron chi connectivity index (χ4n) is 6.19. The third-order valence-corrected chi connectivity index (χ3v) is 9.12. The number of piperazine rings is 1. The maximum atomic E-state index is 15.0. The molecule has 45 heavy (non-hydrogen) atoms. The van der Waals surface area contributed by atoms with E-state index < -0.39 is 11.5 Å². The van der Waals surface area contributed by atoms with Crippen molar-refractivity contribution in [3.63, 3.8) is 0 Å². The molecule has 232 valence electrons. The molecule has 5 aromatic rings. The Morgan fingerprint density at radius 2 is 1.98 bits per heavy atom. The average molecular weight is 650 g/mol. The monoisotopic (exact) mass is 648 g/mol. The third kappa shape index (κ3) is 4.92. The number of benzene rings is 2. The number of furan rings is 1. The molecule has 1 saturated heterocycles. The van der Waals surface area contributed by atoms with Crippen LogP contribution >= 0.6 is 23.2 Å². The van der Waals surface area contributed by atoms with Crippen LogP contribution < -0.4 is 16.3 Å². The predicted octanol–water partition coefficient (Wildman–Crippen LogP) is 6.88. The highest BCUT2D eigenvalue weighted by Gasteiger charge is 2.32. The first-order chi connectivity index (χ1) is 21.4. The number of carbonyl (C=O) groups excluding carboxylic acids is 1. The highest BCUT2D eigenvalue weighted by atomic mass is 35.5. The van der Waals surface area contributed by atoms with Crippen molar-refractivity contribution in [2.45, 2.75) is 39.7 Å². The second kappa shape index (κ2) is 11.5. The zero-order valence-electron chi connectivity index (χ0n) is 25.2. The Kier molecular flexibility index (Phi) is 7.82. The molecule has 0 bridgehead atoms. The number of halogens is 3. The van der Waals surface area contributed by atoms with Gasteiger partial charge < -0.3 is 20.0 Å². The second-order valence-electron chi connectivity index (χ2n) is 11.5. The zero-order chi connectivity index (χ0) is 32.3. The Morgan fingerprint density at radius 1 is 1.22 bits per heavy atom. The molecule has 1 fully saturated rings. The van der Waals surface area contributed by atoms with E-state index >= 15 is 4.39 Å². The molecule has 6 rings (SSSR count). The van der Waals surface area contributed by atoms with Crippen LogP contribution in [0.3, 0.4) is 0 Å². The molecular formula is C33H31Cl2FN6O3. The van der Waals surface area contributed by atoms with Gasteiger partial charge in [-0.2, -0.15) is 4.98 Å². The van der Waals surface area contributed by atoms with Crippen molar-refractivity contribution >= 4 is 62.5 Å². The van der Waals surface area contributed by atoms with Gasteiger partial charge in [0.1, 0.15) is 17.2 Å². The van der Waals surface area contributed by atoms with Crippen LogP contribution in [0.15, 0.2) is 58.6 Å². The Hall–Kier alpha value is -4.41. The van der Waals surface area contributed by atoms with Crippen LogP contribution in [0.2, 0.25) is 10.0 Å². The lowest BCUT2D eigenvalue weighted by molar-refractivity contribution is -0.126. The maximum Gasteiger partial charge on any atom is 0.354 e. The molecule has 0 spiro atoms. The number of nitrogen functional groups attached to an aromatic ring is 1. The van der Waals surface area contributed by atoms with Gasteiger partial charge in [-0.15, -0.1) is 0 Å². The van der Waals surface area contributed by atoms with Gasteiger partial charge in [0.25, 0.3) is 0 Å². The molecule has 4 heterocycles. The summed E-state index contributed by atoms with van der Waals surface area (Å²) < 4.78 is 22.7. The molecule has 3 aromatic heterocycles. The van der Waals surface area contributed by atoms with E-state index in [1.54, 1.807) is 23.2 Å². The first-order valence-electron chi connectivity index (χ1n) is 14.5. The standard InChI is InChI=1S/C33H31Cl2FN6O3/c1-6-24(43)40-10-11-41(18(5)15-40)32-26-23(42(33(44)39-32)30-17(4)7-9-38-29(30)16(2)3)13-20(19-8-12-45-31(19)26)25-27(34)21(36)14-22(37)28(25)35/h6-9,12-14,16,18H,1,10-11,15,37H2,2-5H3/t18-/m0/s1. The van der Waals surface area contributed by atoms with E-state index in [-0.39, 0.29) is 39.2 Å². The van der Waals surface area contributed by atoms with Gasteiger partial charge in [-0.3, -0.25) is 14.3 Å². The Balaban J connectivity index is 1.75. The van der Waals surface area contributed by atoms with Gasteiger partial charge >= 0.3 is 5.69 Å². The number of carbonyl (C=O) groups is 1. The van der Waals surface area contributed by atoms with Crippen LogP contribution in [-0.4, -0.2) is 51.0 Å². The minimum Gasteiger partial charge on any atom is -0.463 e. The molecule has 12 heteroatoms. The van der Waals surface area contributed by atoms with Crippen molar-refractivity contribution in [1.82, 2.24) is 19.4 Å². The van der Waals surface area contributed by atoms with Crippen LogP contribution in [-0.2, 0) is 4.79 Å². The molecule has 0 saturated carbocycles. The number of nitrogens with two attached hydrogens (primary N) is 1. The molecule has 1 atom stereocenters. The van der Waals surface area contributed by atoms with Gasteiger partial charge in [0, 0.05) is 42.8 Å². The normalized spacial score (nSPS) is 15.4. The Morgan fingerprint density at radius 3 is 2.67 bits per heavy atom. The van der Waals surface area contributed by atoms with E-state index in [4.69, 9.17) is 33.4 Å². The lowest BCUT2D eigenvalue weighted by atomic mass is 9.97. The van der Waals surface area contributed by atoms with E-state index in [9.17, 15) is 9.59 Å². The van der Waals surface area contributed by atoms with Crippen LogP contribution in [0, 0.1) is 12.7 Å². The number of pyridine rings is 1. The lowest BCUT2D eigenvalue weighted by Gasteiger charge is -2.40. The van der Waals surface area contributed by atoms with Crippen LogP contribution in [0.5, 0.6) is 0 Å². The van der Waals surface area contributed by atoms with Crippen molar-refractivity contribution in [2.75, 3.05) is 30.3 Å². The second-order valence-corrected chi connectivity index (χ2v) is 12.3. The van der Waals surface area contributed by atoms with Crippen molar-refractivity contribution < 1.29 is 13.6 Å². The molecule has 2 aromatic carbocycles. The van der Waals surface area contributed by atoms with Crippen molar-refractivity contribution in [2.24, 2.45) is 0 Å². The van der Waals surface area contributed by atoms with Crippen molar-refractivity contribution in [3.05, 3.63) is 87.0 Å². The van der Waals surface area contributed by atoms with Gasteiger partial charge in [-0.1, -0.05) is 43.6 Å². The number of anilines is 2. The summed E-state index contributed by atoms with van der Waals surface area (Å²) in [7, 11) is 0. The minimum absolute atomic E-state index is 0.0177. The number of hydrogen-bond acceptors (Lipinski definition) is 7. The molecule has 0 radical (unpaired) electrons. The summed E-state index contributed by atoms with van der Waals surface area (Å²) in [6, 6.07) is 6.20. The topological polar surface area (TPSA) is 110 Å². The number of rotatable bonds is 5. The maximum absolute atomic E-state index is 15.0. The fourth-order valence-corrected chi connectivity index (χ4v) is 6.74. The van der Waals surface area contributed by atoms with Gasteiger partial charge in [0.05, 0.1) is 44.3 Å². The first kappa shape index (κ1) is 30.6. The van der Waals surface area contributed by atoms with Crippen molar-refractivity contribution in [1.29, 1.82) is 0 Å². The summed E-state index contributed by atoms with van der Waals surface area (Å²) in [5.74, 6) is -0.524. The number of aromatic nitrogens is 3. The van der Waals surface area contributed by atoms with Gasteiger partial charge in [0.15, 0.2) is 0 Å². The highest BCUT2D eigenvalue weighted by Crippen LogP contribution is 2.46. The molecular weight excluding hydrogens is 618 g/mol. The molecule has 9 nitrogen and oxygen atoms in total. The van der Waals surface area contributed by atoms with Gasteiger partial charge in [-0.25, -0.2) is 9.18 Å². The minimum atomic E-state index is -0.732. The van der Waals surface area contributed by atoms with Crippen LogP contribution in [0.25, 0.3) is 38.7 Å². The third-order valence-electron chi connectivity index (χ3n) is 8.34. The number of nitrogens with zero attached hydrogens (tertiary/aromatic N) is 5. The summed E-state index contributed by atoms with van der Waals surface area (Å²) in [5.41, 5.74) is 9.11. The summed E-state index contributed by atoms with van der Waals surface area (Å²) in [5, 5.41) is 0.993. The molecule has 2 N–H and O–H groups in total. The van der Waals surface area contributed by atoms with E-state index in [2.05, 4.69) is 16.5 Å². The van der Waals surface area contributed by atoms with E-state index in [1.165, 1.54) is 16.9 Å². The van der Waals surface area contributed by atoms with Gasteiger partial charge in [0.2, 0.25) is 5.91 Å². The van der Waals surface area contributed by atoms with E-state index in [1.807, 2.05) is 38.7 Å². The molecule has 1 amide bonds. The smallest absolute Gasteiger partial charge is 0.354 e. The SMILES string of the molecule is C=CC(=O)N1CCN(c2nc(=O)n(-c3c(C)ccnc3C(C)C)c3cc(-c4c(Cl)c(N)cc(F)c4Cl)c4ccoc4c23)[C@@H](C)C1. The summed E-state index contributed by atoms with van der Waals surface area (Å²) in [6.45, 7) is 12.7. The average Bonchev–Trinajstić information content (AvgIpc) is 3.50. The highest BCUT2D eigenvalue weighted by molar-refractivity contribution is 6.41. The quantitative estimate of drug-likeness (QED) is 0.126. The largest absolute Gasteiger partial charge is 0.463 e. The lowest BCUT2D eigenvalue weighted by Crippen LogP contribution is -2.54. The number of hydrogen-bond donors (Lipinski definition) is 1. The predicted molar refractivity (Wildman–Crippen MR) is 177 cm³/mol. The first-order valence-corrected chi connectivity index (χ1v) is 15.2. The van der Waals surface area contributed by atoms with E-state index in [0.29, 0.717) is 64.3 Å². The summed E-state index contributed by atoms with van der Waals surface area (Å²) in [4.78, 5) is 39.7. The molecule has 0 unspecified atom stereocenters. The number of amides is 1.